The van der Waals surface area contributed by atoms with Crippen LogP contribution in [-0.4, -0.2) is 7.11 Å². The molecule has 0 N–H and O–H groups in total. The molecule has 0 saturated carbocycles. The minimum atomic E-state index is 0.724. The van der Waals surface area contributed by atoms with Gasteiger partial charge in [0.1, 0.15) is 5.75 Å². The van der Waals surface area contributed by atoms with Crippen LogP contribution in [0.2, 0.25) is 5.02 Å². The molecule has 0 aliphatic heterocycles. The topological polar surface area (TPSA) is 9.23 Å². The molecule has 1 nitrogen and oxygen atoms in total. The molecule has 0 aromatic heterocycles. The Balaban J connectivity index is 2.49. The molecule has 0 bridgehead atoms. The van der Waals surface area contributed by atoms with Crippen molar-refractivity contribution >= 4 is 11.6 Å². The molecule has 0 aliphatic rings. The van der Waals surface area contributed by atoms with Crippen LogP contribution < -0.4 is 4.74 Å². The molecule has 75 valence electrons. The fraction of sp³-hybridized carbons (Fsp3) is 0.0769. The van der Waals surface area contributed by atoms with E-state index in [0.29, 0.717) is 0 Å². The first kappa shape index (κ1) is 10.1. The van der Waals surface area contributed by atoms with Gasteiger partial charge in [-0.1, -0.05) is 35.9 Å². The second-order valence-electron chi connectivity index (χ2n) is 3.12. The molecule has 0 atom stereocenters. The third kappa shape index (κ3) is 2.13. The van der Waals surface area contributed by atoms with Gasteiger partial charge in [0.25, 0.3) is 0 Å². The predicted molar refractivity (Wildman–Crippen MR) is 62.3 cm³/mol. The van der Waals surface area contributed by atoms with Gasteiger partial charge in [0, 0.05) is 10.6 Å². The van der Waals surface area contributed by atoms with Crippen molar-refractivity contribution in [3.05, 3.63) is 53.6 Å². The first-order chi connectivity index (χ1) is 7.31. The highest BCUT2D eigenvalue weighted by atomic mass is 35.5. The minimum Gasteiger partial charge on any atom is -0.497 e. The Hall–Kier alpha value is -1.47. The maximum atomic E-state index is 6.09. The largest absolute Gasteiger partial charge is 0.497 e. The SMILES string of the molecule is COc1cc[c]c(-c2ccccc2Cl)c1. The number of rotatable bonds is 2. The molecule has 0 saturated heterocycles. The van der Waals surface area contributed by atoms with E-state index < -0.39 is 0 Å². The zero-order chi connectivity index (χ0) is 10.7. The maximum Gasteiger partial charge on any atom is 0.119 e. The summed E-state index contributed by atoms with van der Waals surface area (Å²) in [6.07, 6.45) is 0. The standard InChI is InChI=1S/C13H10ClO/c1-15-11-6-4-5-10(9-11)12-7-2-3-8-13(12)14/h2-4,6-9H,1H3. The van der Waals surface area contributed by atoms with Gasteiger partial charge in [0.15, 0.2) is 0 Å². The molecule has 2 heteroatoms. The van der Waals surface area contributed by atoms with E-state index in [2.05, 4.69) is 6.07 Å². The maximum absolute atomic E-state index is 6.09. The molecule has 0 spiro atoms. The van der Waals surface area contributed by atoms with Crippen molar-refractivity contribution in [1.82, 2.24) is 0 Å². The molecule has 0 aliphatic carbocycles. The fourth-order valence-corrected chi connectivity index (χ4v) is 1.65. The van der Waals surface area contributed by atoms with Crippen LogP contribution in [0.1, 0.15) is 0 Å². The van der Waals surface area contributed by atoms with Crippen LogP contribution in [0.25, 0.3) is 11.1 Å². The average molecular weight is 218 g/mol. The lowest BCUT2D eigenvalue weighted by Crippen LogP contribution is -1.84. The van der Waals surface area contributed by atoms with Gasteiger partial charge in [-0.05, 0) is 29.8 Å². The molecule has 15 heavy (non-hydrogen) atoms. The average Bonchev–Trinajstić information content (AvgIpc) is 2.30. The molecule has 2 aromatic rings. The normalized spacial score (nSPS) is 10.0. The van der Waals surface area contributed by atoms with Crippen molar-refractivity contribution in [2.24, 2.45) is 0 Å². The van der Waals surface area contributed by atoms with Gasteiger partial charge in [0.05, 0.1) is 7.11 Å². The summed E-state index contributed by atoms with van der Waals surface area (Å²) in [5, 5.41) is 0.724. The van der Waals surface area contributed by atoms with Crippen molar-refractivity contribution in [2.45, 2.75) is 0 Å². The molecule has 2 aromatic carbocycles. The van der Waals surface area contributed by atoms with Gasteiger partial charge in [0.2, 0.25) is 0 Å². The molecule has 0 unspecified atom stereocenters. The second-order valence-corrected chi connectivity index (χ2v) is 3.53. The molecular formula is C13H10ClO. The lowest BCUT2D eigenvalue weighted by atomic mass is 10.1. The van der Waals surface area contributed by atoms with E-state index in [1.54, 1.807) is 7.11 Å². The van der Waals surface area contributed by atoms with Crippen LogP contribution in [-0.2, 0) is 0 Å². The van der Waals surface area contributed by atoms with E-state index in [1.807, 2.05) is 42.5 Å². The number of ether oxygens (including phenoxy) is 1. The number of methoxy groups -OCH3 is 1. The van der Waals surface area contributed by atoms with Crippen LogP contribution in [0.15, 0.2) is 42.5 Å². The van der Waals surface area contributed by atoms with Crippen LogP contribution >= 0.6 is 11.6 Å². The zero-order valence-corrected chi connectivity index (χ0v) is 9.08. The third-order valence-corrected chi connectivity index (χ3v) is 2.50. The summed E-state index contributed by atoms with van der Waals surface area (Å²) >= 11 is 6.09. The summed E-state index contributed by atoms with van der Waals surface area (Å²) in [7, 11) is 1.64. The van der Waals surface area contributed by atoms with E-state index in [0.717, 1.165) is 21.9 Å². The van der Waals surface area contributed by atoms with Gasteiger partial charge in [-0.3, -0.25) is 0 Å². The summed E-state index contributed by atoms with van der Waals surface area (Å²) in [6.45, 7) is 0. The molecule has 0 fully saturated rings. The monoisotopic (exact) mass is 217 g/mol. The lowest BCUT2D eigenvalue weighted by Gasteiger charge is -2.05. The fourth-order valence-electron chi connectivity index (χ4n) is 1.41. The van der Waals surface area contributed by atoms with Gasteiger partial charge in [-0.25, -0.2) is 0 Å². The Labute approximate surface area is 94.3 Å². The van der Waals surface area contributed by atoms with E-state index >= 15 is 0 Å². The minimum absolute atomic E-state index is 0.724. The lowest BCUT2D eigenvalue weighted by molar-refractivity contribution is 0.415. The number of benzene rings is 2. The summed E-state index contributed by atoms with van der Waals surface area (Å²) in [4.78, 5) is 0. The van der Waals surface area contributed by atoms with Crippen LogP contribution in [0.4, 0.5) is 0 Å². The Bertz CT molecular complexity index is 466. The molecular weight excluding hydrogens is 208 g/mol. The summed E-state index contributed by atoms with van der Waals surface area (Å²) < 4.78 is 5.15. The van der Waals surface area contributed by atoms with Crippen LogP contribution in [0, 0.1) is 6.07 Å². The van der Waals surface area contributed by atoms with E-state index in [-0.39, 0.29) is 0 Å². The van der Waals surface area contributed by atoms with Gasteiger partial charge in [-0.15, -0.1) is 0 Å². The quantitative estimate of drug-likeness (QED) is 0.743. The van der Waals surface area contributed by atoms with Crippen molar-refractivity contribution < 1.29 is 4.74 Å². The predicted octanol–water partition coefficient (Wildman–Crippen LogP) is 3.82. The summed E-state index contributed by atoms with van der Waals surface area (Å²) in [5.74, 6) is 0.809. The van der Waals surface area contributed by atoms with Crippen molar-refractivity contribution in [1.29, 1.82) is 0 Å². The van der Waals surface area contributed by atoms with Crippen LogP contribution in [0.5, 0.6) is 5.75 Å². The smallest absolute Gasteiger partial charge is 0.119 e. The highest BCUT2D eigenvalue weighted by Gasteiger charge is 2.03. The summed E-state index contributed by atoms with van der Waals surface area (Å²) in [5.41, 5.74) is 1.91. The third-order valence-electron chi connectivity index (χ3n) is 2.17. The number of hydrogen-bond acceptors (Lipinski definition) is 1. The number of hydrogen-bond donors (Lipinski definition) is 0. The Morgan fingerprint density at radius 2 is 2.00 bits per heavy atom. The molecule has 0 amide bonds. The van der Waals surface area contributed by atoms with Gasteiger partial charge in [-0.2, -0.15) is 0 Å². The Morgan fingerprint density at radius 3 is 2.73 bits per heavy atom. The second kappa shape index (κ2) is 4.37. The summed E-state index contributed by atoms with van der Waals surface area (Å²) in [6, 6.07) is 16.4. The highest BCUT2D eigenvalue weighted by Crippen LogP contribution is 2.29. The molecule has 0 heterocycles. The first-order valence-corrected chi connectivity index (χ1v) is 4.99. The van der Waals surface area contributed by atoms with Crippen molar-refractivity contribution in [3.63, 3.8) is 0 Å². The van der Waals surface area contributed by atoms with Crippen molar-refractivity contribution in [2.75, 3.05) is 7.11 Å². The van der Waals surface area contributed by atoms with Crippen LogP contribution in [0.3, 0.4) is 0 Å². The van der Waals surface area contributed by atoms with E-state index in [1.165, 1.54) is 0 Å². The van der Waals surface area contributed by atoms with E-state index in [9.17, 15) is 0 Å². The number of halogens is 1. The molecule has 2 rings (SSSR count). The zero-order valence-electron chi connectivity index (χ0n) is 8.33. The molecule has 1 radical (unpaired) electrons. The van der Waals surface area contributed by atoms with Gasteiger partial charge >= 0.3 is 0 Å². The highest BCUT2D eigenvalue weighted by molar-refractivity contribution is 6.33. The van der Waals surface area contributed by atoms with E-state index in [4.69, 9.17) is 16.3 Å². The van der Waals surface area contributed by atoms with Crippen molar-refractivity contribution in [3.8, 4) is 16.9 Å². The Morgan fingerprint density at radius 1 is 1.20 bits per heavy atom. The Kier molecular flexibility index (Phi) is 2.93. The van der Waals surface area contributed by atoms with Gasteiger partial charge < -0.3 is 4.74 Å². The first-order valence-electron chi connectivity index (χ1n) is 4.62.